The molecule has 13 heavy (non-hydrogen) atoms. The van der Waals surface area contributed by atoms with Gasteiger partial charge in [-0.05, 0) is 18.8 Å². The van der Waals surface area contributed by atoms with Gasteiger partial charge < -0.3 is 10.8 Å². The molecule has 2 atom stereocenters. The highest BCUT2D eigenvalue weighted by molar-refractivity contribution is 4.80. The van der Waals surface area contributed by atoms with Crippen molar-refractivity contribution in [3.8, 4) is 0 Å². The molecule has 0 saturated carbocycles. The molecule has 2 nitrogen and oxygen atoms in total. The van der Waals surface area contributed by atoms with Gasteiger partial charge in [0.2, 0.25) is 0 Å². The average molecular weight is 187 g/mol. The standard InChI is InChI=1S/C11H25NO/c1-4-6-10(3)7-11(5-2,8-12)9-13/h10,13H,4-9,12H2,1-3H3. The Morgan fingerprint density at radius 3 is 2.31 bits per heavy atom. The van der Waals surface area contributed by atoms with E-state index in [0.717, 1.165) is 12.8 Å². The molecule has 0 amide bonds. The van der Waals surface area contributed by atoms with Gasteiger partial charge in [-0.25, -0.2) is 0 Å². The van der Waals surface area contributed by atoms with Crippen molar-refractivity contribution in [1.82, 2.24) is 0 Å². The van der Waals surface area contributed by atoms with Gasteiger partial charge in [0.05, 0.1) is 0 Å². The summed E-state index contributed by atoms with van der Waals surface area (Å²) in [6.07, 6.45) is 4.50. The summed E-state index contributed by atoms with van der Waals surface area (Å²) in [6.45, 7) is 7.40. The second kappa shape index (κ2) is 6.39. The van der Waals surface area contributed by atoms with Crippen LogP contribution in [0, 0.1) is 11.3 Å². The van der Waals surface area contributed by atoms with E-state index in [1.807, 2.05) is 0 Å². The van der Waals surface area contributed by atoms with Gasteiger partial charge >= 0.3 is 0 Å². The Morgan fingerprint density at radius 1 is 1.38 bits per heavy atom. The molecule has 0 aliphatic carbocycles. The highest BCUT2D eigenvalue weighted by Gasteiger charge is 2.27. The van der Waals surface area contributed by atoms with Crippen LogP contribution in [0.25, 0.3) is 0 Å². The molecule has 0 aromatic carbocycles. The van der Waals surface area contributed by atoms with Gasteiger partial charge in [0.1, 0.15) is 0 Å². The minimum Gasteiger partial charge on any atom is -0.396 e. The number of hydrogen-bond donors (Lipinski definition) is 2. The lowest BCUT2D eigenvalue weighted by Gasteiger charge is -2.31. The topological polar surface area (TPSA) is 46.2 Å². The fourth-order valence-electron chi connectivity index (χ4n) is 1.95. The van der Waals surface area contributed by atoms with Crippen LogP contribution in [0.4, 0.5) is 0 Å². The lowest BCUT2D eigenvalue weighted by atomic mass is 9.77. The van der Waals surface area contributed by atoms with Crippen molar-refractivity contribution in [3.63, 3.8) is 0 Å². The Hall–Kier alpha value is -0.0800. The maximum Gasteiger partial charge on any atom is 0.0499 e. The van der Waals surface area contributed by atoms with Crippen LogP contribution in [-0.2, 0) is 0 Å². The molecule has 80 valence electrons. The zero-order chi connectivity index (χ0) is 10.3. The number of nitrogens with two attached hydrogens (primary N) is 1. The Bertz CT molecular complexity index is 113. The highest BCUT2D eigenvalue weighted by atomic mass is 16.3. The largest absolute Gasteiger partial charge is 0.396 e. The summed E-state index contributed by atoms with van der Waals surface area (Å²) < 4.78 is 0. The monoisotopic (exact) mass is 187 g/mol. The van der Waals surface area contributed by atoms with Crippen molar-refractivity contribution in [2.45, 2.75) is 46.5 Å². The lowest BCUT2D eigenvalue weighted by Crippen LogP contribution is -2.35. The molecule has 2 heteroatoms. The molecule has 0 aliphatic rings. The minimum absolute atomic E-state index is 0.0193. The van der Waals surface area contributed by atoms with E-state index < -0.39 is 0 Å². The molecular formula is C11H25NO. The molecule has 0 saturated heterocycles. The molecule has 0 aromatic heterocycles. The fourth-order valence-corrected chi connectivity index (χ4v) is 1.95. The number of aliphatic hydroxyl groups excluding tert-OH is 1. The van der Waals surface area contributed by atoms with E-state index in [1.165, 1.54) is 12.8 Å². The second-order valence-corrected chi connectivity index (χ2v) is 4.31. The predicted molar refractivity (Wildman–Crippen MR) is 57.6 cm³/mol. The zero-order valence-electron chi connectivity index (χ0n) is 9.34. The van der Waals surface area contributed by atoms with E-state index >= 15 is 0 Å². The zero-order valence-corrected chi connectivity index (χ0v) is 9.34. The molecule has 0 aromatic rings. The number of hydrogen-bond acceptors (Lipinski definition) is 2. The average Bonchev–Trinajstić information content (AvgIpc) is 2.15. The van der Waals surface area contributed by atoms with Crippen LogP contribution in [0.5, 0.6) is 0 Å². The normalized spacial score (nSPS) is 18.2. The van der Waals surface area contributed by atoms with Crippen LogP contribution < -0.4 is 5.73 Å². The highest BCUT2D eigenvalue weighted by Crippen LogP contribution is 2.30. The molecule has 0 rings (SSSR count). The molecule has 0 bridgehead atoms. The van der Waals surface area contributed by atoms with Gasteiger partial charge in [0.15, 0.2) is 0 Å². The maximum absolute atomic E-state index is 9.31. The van der Waals surface area contributed by atoms with Crippen molar-refractivity contribution < 1.29 is 5.11 Å². The minimum atomic E-state index is -0.0193. The van der Waals surface area contributed by atoms with Gasteiger partial charge in [0, 0.05) is 18.6 Å². The van der Waals surface area contributed by atoms with Crippen LogP contribution in [-0.4, -0.2) is 18.3 Å². The van der Waals surface area contributed by atoms with Crippen LogP contribution in [0.3, 0.4) is 0 Å². The van der Waals surface area contributed by atoms with Crippen molar-refractivity contribution >= 4 is 0 Å². The van der Waals surface area contributed by atoms with E-state index in [9.17, 15) is 5.11 Å². The Labute approximate surface area is 82.5 Å². The molecule has 0 aliphatic heterocycles. The maximum atomic E-state index is 9.31. The number of rotatable bonds is 7. The Balaban J connectivity index is 4.07. The van der Waals surface area contributed by atoms with Crippen molar-refractivity contribution in [2.75, 3.05) is 13.2 Å². The third-order valence-corrected chi connectivity index (χ3v) is 3.08. The first-order valence-electron chi connectivity index (χ1n) is 5.45. The van der Waals surface area contributed by atoms with Gasteiger partial charge in [0.25, 0.3) is 0 Å². The Morgan fingerprint density at radius 2 is 2.00 bits per heavy atom. The first-order valence-corrected chi connectivity index (χ1v) is 5.45. The van der Waals surface area contributed by atoms with Crippen molar-refractivity contribution in [2.24, 2.45) is 17.1 Å². The quantitative estimate of drug-likeness (QED) is 0.641. The molecule has 0 spiro atoms. The fraction of sp³-hybridized carbons (Fsp3) is 1.00. The molecule has 3 N–H and O–H groups in total. The first-order chi connectivity index (χ1) is 6.14. The molecule has 0 heterocycles. The van der Waals surface area contributed by atoms with Crippen LogP contribution >= 0.6 is 0 Å². The first kappa shape index (κ1) is 12.9. The second-order valence-electron chi connectivity index (χ2n) is 4.31. The summed E-state index contributed by atoms with van der Waals surface area (Å²) in [5, 5.41) is 9.31. The summed E-state index contributed by atoms with van der Waals surface area (Å²) in [5.74, 6) is 0.681. The third-order valence-electron chi connectivity index (χ3n) is 3.08. The molecule has 2 unspecified atom stereocenters. The predicted octanol–water partition coefficient (Wildman–Crippen LogP) is 2.16. The van der Waals surface area contributed by atoms with Crippen LogP contribution in [0.1, 0.15) is 46.5 Å². The Kier molecular flexibility index (Phi) is 6.35. The molecular weight excluding hydrogens is 162 g/mol. The van der Waals surface area contributed by atoms with Gasteiger partial charge in [-0.3, -0.25) is 0 Å². The van der Waals surface area contributed by atoms with Gasteiger partial charge in [-0.1, -0.05) is 33.6 Å². The van der Waals surface area contributed by atoms with E-state index in [2.05, 4.69) is 20.8 Å². The number of aliphatic hydroxyl groups is 1. The lowest BCUT2D eigenvalue weighted by molar-refractivity contribution is 0.0991. The smallest absolute Gasteiger partial charge is 0.0499 e. The molecule has 0 fully saturated rings. The summed E-state index contributed by atoms with van der Waals surface area (Å²) in [6, 6.07) is 0. The van der Waals surface area contributed by atoms with E-state index in [0.29, 0.717) is 12.5 Å². The van der Waals surface area contributed by atoms with Gasteiger partial charge in [-0.2, -0.15) is 0 Å². The van der Waals surface area contributed by atoms with Gasteiger partial charge in [-0.15, -0.1) is 0 Å². The van der Waals surface area contributed by atoms with Crippen molar-refractivity contribution in [1.29, 1.82) is 0 Å². The summed E-state index contributed by atoms with van der Waals surface area (Å²) in [7, 11) is 0. The van der Waals surface area contributed by atoms with E-state index in [1.54, 1.807) is 0 Å². The molecule has 0 radical (unpaired) electrons. The summed E-state index contributed by atoms with van der Waals surface area (Å²) in [4.78, 5) is 0. The SMILES string of the molecule is CCCC(C)CC(CC)(CN)CO. The van der Waals surface area contributed by atoms with Crippen LogP contribution in [0.2, 0.25) is 0 Å². The van der Waals surface area contributed by atoms with Crippen LogP contribution in [0.15, 0.2) is 0 Å². The van der Waals surface area contributed by atoms with Crippen molar-refractivity contribution in [3.05, 3.63) is 0 Å². The summed E-state index contributed by atoms with van der Waals surface area (Å²) >= 11 is 0. The van der Waals surface area contributed by atoms with E-state index in [-0.39, 0.29) is 12.0 Å². The summed E-state index contributed by atoms with van der Waals surface area (Å²) in [5.41, 5.74) is 5.69. The van der Waals surface area contributed by atoms with E-state index in [4.69, 9.17) is 5.73 Å². The third kappa shape index (κ3) is 4.10.